The Morgan fingerprint density at radius 2 is 2.00 bits per heavy atom. The minimum Gasteiger partial charge on any atom is -0.385 e. The average Bonchev–Trinajstić information content (AvgIpc) is 2.33. The molecule has 0 saturated carbocycles. The van der Waals surface area contributed by atoms with Crippen molar-refractivity contribution in [2.45, 2.75) is 33.2 Å². The van der Waals surface area contributed by atoms with Crippen molar-refractivity contribution < 1.29 is 13.2 Å². The van der Waals surface area contributed by atoms with Crippen LogP contribution in [0.25, 0.3) is 0 Å². The zero-order valence-corrected chi connectivity index (χ0v) is 13.9. The van der Waals surface area contributed by atoms with Crippen LogP contribution in [-0.2, 0) is 9.84 Å². The molecule has 0 spiro atoms. The second-order valence-corrected chi connectivity index (χ2v) is 7.61. The minimum absolute atomic E-state index is 0.0616. The van der Waals surface area contributed by atoms with Crippen LogP contribution in [0.4, 0.5) is 5.69 Å². The zero-order chi connectivity index (χ0) is 16.0. The van der Waals surface area contributed by atoms with E-state index in [1.54, 1.807) is 13.0 Å². The number of nitrogens with one attached hydrogen (secondary N) is 2. The molecule has 0 radical (unpaired) electrons. The monoisotopic (exact) mass is 312 g/mol. The summed E-state index contributed by atoms with van der Waals surface area (Å²) >= 11 is 0. The molecule has 0 aliphatic heterocycles. The van der Waals surface area contributed by atoms with E-state index in [4.69, 9.17) is 0 Å². The van der Waals surface area contributed by atoms with Gasteiger partial charge in [-0.1, -0.05) is 6.92 Å². The summed E-state index contributed by atoms with van der Waals surface area (Å²) in [5.74, 6) is -0.306. The van der Waals surface area contributed by atoms with Gasteiger partial charge in [0.05, 0.1) is 5.75 Å². The van der Waals surface area contributed by atoms with E-state index in [-0.39, 0.29) is 11.7 Å². The van der Waals surface area contributed by atoms with Crippen molar-refractivity contribution in [2.75, 3.05) is 23.9 Å². The molecule has 6 heteroatoms. The Labute approximate surface area is 127 Å². The SMILES string of the molecule is CCCNc1ccc(C(=O)NC(C)CS(C)(=O)=O)c(C)c1. The van der Waals surface area contributed by atoms with Gasteiger partial charge in [0.1, 0.15) is 9.84 Å². The van der Waals surface area contributed by atoms with Gasteiger partial charge in [-0.3, -0.25) is 4.79 Å². The summed E-state index contributed by atoms with van der Waals surface area (Å²) in [6.07, 6.45) is 2.19. The lowest BCUT2D eigenvalue weighted by atomic mass is 10.1. The van der Waals surface area contributed by atoms with Crippen LogP contribution in [0.1, 0.15) is 36.2 Å². The Bertz CT molecular complexity index is 597. The largest absolute Gasteiger partial charge is 0.385 e. The lowest BCUT2D eigenvalue weighted by Crippen LogP contribution is -2.37. The smallest absolute Gasteiger partial charge is 0.251 e. The molecule has 1 aromatic carbocycles. The van der Waals surface area contributed by atoms with Crippen molar-refractivity contribution >= 4 is 21.4 Å². The van der Waals surface area contributed by atoms with Gasteiger partial charge in [0.15, 0.2) is 0 Å². The maximum Gasteiger partial charge on any atom is 0.251 e. The summed E-state index contributed by atoms with van der Waals surface area (Å²) < 4.78 is 22.4. The average molecular weight is 312 g/mol. The molecular formula is C15H24N2O3S. The number of carbonyl (C=O) groups excluding carboxylic acids is 1. The number of sulfone groups is 1. The van der Waals surface area contributed by atoms with E-state index in [0.717, 1.165) is 30.5 Å². The molecule has 0 bridgehead atoms. The fourth-order valence-corrected chi connectivity index (χ4v) is 3.09. The number of anilines is 1. The molecule has 118 valence electrons. The summed E-state index contributed by atoms with van der Waals surface area (Å²) in [6.45, 7) is 6.53. The number of carbonyl (C=O) groups is 1. The first-order valence-corrected chi connectivity index (χ1v) is 9.12. The standard InChI is InChI=1S/C15H24N2O3S/c1-5-8-16-13-6-7-14(11(2)9-13)15(18)17-12(3)10-21(4,19)20/h6-7,9,12,16H,5,8,10H2,1-4H3,(H,17,18). The molecule has 2 N–H and O–H groups in total. The Balaban J connectivity index is 2.74. The van der Waals surface area contributed by atoms with Gasteiger partial charge in [0, 0.05) is 30.1 Å². The van der Waals surface area contributed by atoms with Crippen molar-refractivity contribution in [1.82, 2.24) is 5.32 Å². The van der Waals surface area contributed by atoms with Gasteiger partial charge in [0.2, 0.25) is 0 Å². The highest BCUT2D eigenvalue weighted by molar-refractivity contribution is 7.90. The summed E-state index contributed by atoms with van der Waals surface area (Å²) in [6, 6.07) is 5.13. The van der Waals surface area contributed by atoms with E-state index < -0.39 is 15.9 Å². The fourth-order valence-electron chi connectivity index (χ4n) is 2.10. The molecule has 1 atom stereocenters. The van der Waals surface area contributed by atoms with Crippen LogP contribution in [0.2, 0.25) is 0 Å². The summed E-state index contributed by atoms with van der Waals surface area (Å²) in [7, 11) is -3.10. The van der Waals surface area contributed by atoms with E-state index >= 15 is 0 Å². The van der Waals surface area contributed by atoms with Crippen LogP contribution in [0.3, 0.4) is 0 Å². The molecule has 0 saturated heterocycles. The first kappa shape index (κ1) is 17.5. The molecule has 0 fully saturated rings. The van der Waals surface area contributed by atoms with Gasteiger partial charge in [-0.05, 0) is 44.0 Å². The molecule has 1 aromatic rings. The molecule has 0 aliphatic rings. The van der Waals surface area contributed by atoms with E-state index in [1.165, 1.54) is 0 Å². The maximum atomic E-state index is 12.2. The van der Waals surface area contributed by atoms with Crippen molar-refractivity contribution in [2.24, 2.45) is 0 Å². The predicted octanol–water partition coefficient (Wildman–Crippen LogP) is 1.98. The third-order valence-electron chi connectivity index (χ3n) is 2.98. The molecule has 0 aromatic heterocycles. The van der Waals surface area contributed by atoms with E-state index in [0.29, 0.717) is 5.56 Å². The van der Waals surface area contributed by atoms with Crippen molar-refractivity contribution in [3.63, 3.8) is 0 Å². The number of hydrogen-bond donors (Lipinski definition) is 2. The third kappa shape index (κ3) is 6.16. The zero-order valence-electron chi connectivity index (χ0n) is 13.1. The second kappa shape index (κ2) is 7.45. The maximum absolute atomic E-state index is 12.2. The van der Waals surface area contributed by atoms with Crippen molar-refractivity contribution in [3.05, 3.63) is 29.3 Å². The predicted molar refractivity (Wildman–Crippen MR) is 86.6 cm³/mol. The van der Waals surface area contributed by atoms with Crippen LogP contribution in [0.15, 0.2) is 18.2 Å². The van der Waals surface area contributed by atoms with Gasteiger partial charge >= 0.3 is 0 Å². The number of aryl methyl sites for hydroxylation is 1. The van der Waals surface area contributed by atoms with Crippen LogP contribution < -0.4 is 10.6 Å². The number of hydrogen-bond acceptors (Lipinski definition) is 4. The highest BCUT2D eigenvalue weighted by Gasteiger charge is 2.15. The van der Waals surface area contributed by atoms with Gasteiger partial charge < -0.3 is 10.6 Å². The third-order valence-corrected chi connectivity index (χ3v) is 4.09. The Morgan fingerprint density at radius 3 is 2.52 bits per heavy atom. The van der Waals surface area contributed by atoms with Crippen LogP contribution in [0.5, 0.6) is 0 Å². The molecule has 21 heavy (non-hydrogen) atoms. The lowest BCUT2D eigenvalue weighted by Gasteiger charge is -2.15. The molecular weight excluding hydrogens is 288 g/mol. The van der Waals surface area contributed by atoms with Crippen LogP contribution >= 0.6 is 0 Å². The van der Waals surface area contributed by atoms with E-state index in [9.17, 15) is 13.2 Å². The quantitative estimate of drug-likeness (QED) is 0.807. The van der Waals surface area contributed by atoms with Crippen molar-refractivity contribution in [1.29, 1.82) is 0 Å². The molecule has 1 amide bonds. The fraction of sp³-hybridized carbons (Fsp3) is 0.533. The Hall–Kier alpha value is -1.56. The highest BCUT2D eigenvalue weighted by Crippen LogP contribution is 2.15. The molecule has 1 unspecified atom stereocenters. The topological polar surface area (TPSA) is 75.3 Å². The first-order chi connectivity index (χ1) is 9.73. The molecule has 5 nitrogen and oxygen atoms in total. The second-order valence-electron chi connectivity index (χ2n) is 5.42. The normalized spacial score (nSPS) is 12.8. The molecule has 0 aliphatic carbocycles. The summed E-state index contributed by atoms with van der Waals surface area (Å²) in [5.41, 5.74) is 2.41. The number of amides is 1. The Morgan fingerprint density at radius 1 is 1.33 bits per heavy atom. The number of benzene rings is 1. The first-order valence-electron chi connectivity index (χ1n) is 7.06. The summed E-state index contributed by atoms with van der Waals surface area (Å²) in [5, 5.41) is 5.98. The van der Waals surface area contributed by atoms with Crippen LogP contribution in [-0.4, -0.2) is 38.9 Å². The summed E-state index contributed by atoms with van der Waals surface area (Å²) in [4.78, 5) is 12.2. The minimum atomic E-state index is -3.10. The van der Waals surface area contributed by atoms with Gasteiger partial charge in [-0.2, -0.15) is 0 Å². The van der Waals surface area contributed by atoms with E-state index in [1.807, 2.05) is 19.1 Å². The van der Waals surface area contributed by atoms with Gasteiger partial charge in [-0.15, -0.1) is 0 Å². The molecule has 0 heterocycles. The van der Waals surface area contributed by atoms with Crippen LogP contribution in [0, 0.1) is 6.92 Å². The van der Waals surface area contributed by atoms with Gasteiger partial charge in [0.25, 0.3) is 5.91 Å². The molecule has 1 rings (SSSR count). The van der Waals surface area contributed by atoms with E-state index in [2.05, 4.69) is 17.6 Å². The van der Waals surface area contributed by atoms with Crippen molar-refractivity contribution in [3.8, 4) is 0 Å². The van der Waals surface area contributed by atoms with Gasteiger partial charge in [-0.25, -0.2) is 8.42 Å². The Kier molecular flexibility index (Phi) is 6.20. The number of rotatable bonds is 7. The lowest BCUT2D eigenvalue weighted by molar-refractivity contribution is 0.0943. The highest BCUT2D eigenvalue weighted by atomic mass is 32.2.